The lowest BCUT2D eigenvalue weighted by Gasteiger charge is -2.20. The van der Waals surface area contributed by atoms with Crippen molar-refractivity contribution in [3.63, 3.8) is 0 Å². The van der Waals surface area contributed by atoms with E-state index in [1.165, 1.54) is 5.56 Å². The molecule has 0 aliphatic heterocycles. The molecule has 1 atom stereocenters. The number of nitrogens with one attached hydrogen (secondary N) is 1. The highest BCUT2D eigenvalue weighted by Crippen LogP contribution is 2.09. The number of alkyl carbamates (subject to hydrolysis) is 1. The first-order chi connectivity index (χ1) is 11.8. The van der Waals surface area contributed by atoms with E-state index in [2.05, 4.69) is 48.4 Å². The number of hydrogen-bond donors (Lipinski definition) is 1. The molecule has 0 saturated carbocycles. The SMILES string of the molecule is CCCCC(/C=N/C=C/c1ccc(C)cc1)CNC(=O)OC(C)(C)C. The van der Waals surface area contributed by atoms with Gasteiger partial charge >= 0.3 is 6.09 Å². The van der Waals surface area contributed by atoms with E-state index in [-0.39, 0.29) is 12.0 Å². The number of hydrogen-bond acceptors (Lipinski definition) is 3. The molecular formula is C21H32N2O2. The number of unbranched alkanes of at least 4 members (excludes halogenated alkanes) is 1. The van der Waals surface area contributed by atoms with Crippen molar-refractivity contribution < 1.29 is 9.53 Å². The van der Waals surface area contributed by atoms with Gasteiger partial charge in [-0.15, -0.1) is 0 Å². The van der Waals surface area contributed by atoms with E-state index in [0.29, 0.717) is 6.54 Å². The average molecular weight is 344 g/mol. The number of carbonyl (C=O) groups excluding carboxylic acids is 1. The summed E-state index contributed by atoms with van der Waals surface area (Å²) < 4.78 is 5.28. The van der Waals surface area contributed by atoms with Gasteiger partial charge in [0, 0.05) is 24.9 Å². The molecule has 0 aliphatic carbocycles. The number of aryl methyl sites for hydroxylation is 1. The summed E-state index contributed by atoms with van der Waals surface area (Å²) in [6, 6.07) is 8.30. The zero-order valence-corrected chi connectivity index (χ0v) is 16.2. The van der Waals surface area contributed by atoms with Crippen molar-refractivity contribution in [1.82, 2.24) is 5.32 Å². The fourth-order valence-corrected chi connectivity index (χ4v) is 2.20. The largest absolute Gasteiger partial charge is 0.444 e. The summed E-state index contributed by atoms with van der Waals surface area (Å²) >= 11 is 0. The summed E-state index contributed by atoms with van der Waals surface area (Å²) in [4.78, 5) is 16.2. The maximum atomic E-state index is 11.8. The second-order valence-corrected chi connectivity index (χ2v) is 7.31. The molecule has 1 aromatic rings. The summed E-state index contributed by atoms with van der Waals surface area (Å²) in [5.41, 5.74) is 1.89. The van der Waals surface area contributed by atoms with Gasteiger partial charge in [-0.25, -0.2) is 4.79 Å². The van der Waals surface area contributed by atoms with Gasteiger partial charge in [-0.1, -0.05) is 49.6 Å². The van der Waals surface area contributed by atoms with Crippen LogP contribution >= 0.6 is 0 Å². The van der Waals surface area contributed by atoms with Gasteiger partial charge in [-0.2, -0.15) is 0 Å². The normalized spacial score (nSPS) is 13.3. The molecule has 138 valence electrons. The van der Waals surface area contributed by atoms with Crippen LogP contribution in [0.2, 0.25) is 0 Å². The molecule has 0 spiro atoms. The van der Waals surface area contributed by atoms with Crippen LogP contribution in [0.3, 0.4) is 0 Å². The Kier molecular flexibility index (Phi) is 8.96. The molecule has 1 aromatic carbocycles. The molecule has 4 nitrogen and oxygen atoms in total. The van der Waals surface area contributed by atoms with E-state index >= 15 is 0 Å². The van der Waals surface area contributed by atoms with Crippen LogP contribution in [0.25, 0.3) is 6.08 Å². The number of nitrogens with zero attached hydrogens (tertiary/aromatic N) is 1. The minimum Gasteiger partial charge on any atom is -0.444 e. The molecule has 1 N–H and O–H groups in total. The van der Waals surface area contributed by atoms with Gasteiger partial charge < -0.3 is 10.1 Å². The average Bonchev–Trinajstić information content (AvgIpc) is 2.53. The molecule has 0 aliphatic rings. The summed E-state index contributed by atoms with van der Waals surface area (Å²) in [5.74, 6) is 0.204. The van der Waals surface area contributed by atoms with Crippen LogP contribution in [0.1, 0.15) is 58.1 Å². The highest BCUT2D eigenvalue weighted by Gasteiger charge is 2.16. The standard InChI is InChI=1S/C21H32N2O2/c1-6-7-8-19(16-23-20(24)25-21(3,4)5)15-22-14-13-18-11-9-17(2)10-12-18/h9-15,19H,6-8,16H2,1-5H3,(H,23,24)/b14-13+,22-15+. The van der Waals surface area contributed by atoms with Crippen LogP contribution in [-0.4, -0.2) is 24.5 Å². The van der Waals surface area contributed by atoms with Crippen molar-refractivity contribution in [1.29, 1.82) is 0 Å². The molecule has 0 bridgehead atoms. The van der Waals surface area contributed by atoms with Crippen molar-refractivity contribution in [2.45, 2.75) is 59.5 Å². The number of amides is 1. The molecule has 0 radical (unpaired) electrons. The topological polar surface area (TPSA) is 50.7 Å². The van der Waals surface area contributed by atoms with Crippen LogP contribution in [0.4, 0.5) is 4.79 Å². The quantitative estimate of drug-likeness (QED) is 0.645. The molecule has 1 unspecified atom stereocenters. The predicted molar refractivity (Wildman–Crippen MR) is 106 cm³/mol. The van der Waals surface area contributed by atoms with Gasteiger partial charge in [-0.3, -0.25) is 4.99 Å². The number of aliphatic imine (C=N–C) groups is 1. The Morgan fingerprint density at radius 3 is 2.56 bits per heavy atom. The van der Waals surface area contributed by atoms with Gasteiger partial charge in [0.2, 0.25) is 0 Å². The second kappa shape index (κ2) is 10.7. The maximum absolute atomic E-state index is 11.8. The minimum absolute atomic E-state index is 0.204. The van der Waals surface area contributed by atoms with Crippen LogP contribution in [0.15, 0.2) is 35.5 Å². The summed E-state index contributed by atoms with van der Waals surface area (Å²) in [6.45, 7) is 10.3. The Morgan fingerprint density at radius 1 is 1.28 bits per heavy atom. The van der Waals surface area contributed by atoms with E-state index in [1.807, 2.05) is 33.1 Å². The second-order valence-electron chi connectivity index (χ2n) is 7.31. The Bertz CT molecular complexity index is 569. The highest BCUT2D eigenvalue weighted by molar-refractivity contribution is 5.69. The molecule has 0 heterocycles. The van der Waals surface area contributed by atoms with Crippen molar-refractivity contribution in [2.75, 3.05) is 6.54 Å². The lowest BCUT2D eigenvalue weighted by Crippen LogP contribution is -2.35. The van der Waals surface area contributed by atoms with Crippen molar-refractivity contribution in [3.8, 4) is 0 Å². The van der Waals surface area contributed by atoms with Gasteiger partial charge in [0.15, 0.2) is 0 Å². The zero-order chi connectivity index (χ0) is 18.7. The predicted octanol–water partition coefficient (Wildman–Crippen LogP) is 5.37. The first kappa shape index (κ1) is 20.9. The van der Waals surface area contributed by atoms with Crippen LogP contribution < -0.4 is 5.32 Å². The van der Waals surface area contributed by atoms with E-state index in [4.69, 9.17) is 4.74 Å². The van der Waals surface area contributed by atoms with Gasteiger partial charge in [0.05, 0.1) is 0 Å². The molecule has 1 rings (SSSR count). The first-order valence-electron chi connectivity index (χ1n) is 9.03. The van der Waals surface area contributed by atoms with Crippen LogP contribution in [0, 0.1) is 12.8 Å². The third kappa shape index (κ3) is 10.4. The van der Waals surface area contributed by atoms with E-state index in [0.717, 1.165) is 24.8 Å². The third-order valence-electron chi connectivity index (χ3n) is 3.56. The molecule has 1 amide bonds. The third-order valence-corrected chi connectivity index (χ3v) is 3.56. The Labute approximate surface area is 152 Å². The molecule has 0 aromatic heterocycles. The monoisotopic (exact) mass is 344 g/mol. The Hall–Kier alpha value is -2.10. The van der Waals surface area contributed by atoms with Gasteiger partial charge in [0.25, 0.3) is 0 Å². The minimum atomic E-state index is -0.478. The molecular weight excluding hydrogens is 312 g/mol. The summed E-state index contributed by atoms with van der Waals surface area (Å²) in [7, 11) is 0. The molecule has 4 heteroatoms. The van der Waals surface area contributed by atoms with Crippen LogP contribution in [-0.2, 0) is 4.74 Å². The molecule has 0 saturated heterocycles. The summed E-state index contributed by atoms with van der Waals surface area (Å²) in [5, 5.41) is 2.84. The molecule has 25 heavy (non-hydrogen) atoms. The van der Waals surface area contributed by atoms with E-state index < -0.39 is 5.60 Å². The van der Waals surface area contributed by atoms with Gasteiger partial charge in [0.1, 0.15) is 5.60 Å². The fraction of sp³-hybridized carbons (Fsp3) is 0.524. The number of carbonyl (C=O) groups is 1. The lowest BCUT2D eigenvalue weighted by molar-refractivity contribution is 0.0523. The van der Waals surface area contributed by atoms with Crippen molar-refractivity contribution in [3.05, 3.63) is 41.6 Å². The number of rotatable bonds is 8. The fourth-order valence-electron chi connectivity index (χ4n) is 2.20. The zero-order valence-electron chi connectivity index (χ0n) is 16.2. The molecule has 0 fully saturated rings. The van der Waals surface area contributed by atoms with Crippen molar-refractivity contribution >= 4 is 18.4 Å². The summed E-state index contributed by atoms with van der Waals surface area (Å²) in [6.07, 6.45) is 8.54. The maximum Gasteiger partial charge on any atom is 0.407 e. The smallest absolute Gasteiger partial charge is 0.407 e. The van der Waals surface area contributed by atoms with Crippen molar-refractivity contribution in [2.24, 2.45) is 10.9 Å². The van der Waals surface area contributed by atoms with Gasteiger partial charge in [-0.05, 0) is 45.8 Å². The van der Waals surface area contributed by atoms with Crippen LogP contribution in [0.5, 0.6) is 0 Å². The van der Waals surface area contributed by atoms with E-state index in [1.54, 1.807) is 6.20 Å². The first-order valence-corrected chi connectivity index (χ1v) is 9.03. The van der Waals surface area contributed by atoms with E-state index in [9.17, 15) is 4.79 Å². The number of ether oxygens (including phenoxy) is 1. The highest BCUT2D eigenvalue weighted by atomic mass is 16.6. The Morgan fingerprint density at radius 2 is 1.96 bits per heavy atom. The lowest BCUT2D eigenvalue weighted by atomic mass is 10.0. The number of benzene rings is 1. The Balaban J connectivity index is 2.53.